The fourth-order valence-electron chi connectivity index (χ4n) is 4.30. The lowest BCUT2D eigenvalue weighted by molar-refractivity contribution is 0.0544. The van der Waals surface area contributed by atoms with Crippen molar-refractivity contribution in [1.82, 2.24) is 9.13 Å². The number of nitrogens with zero attached hydrogens (tertiary/aromatic N) is 2. The van der Waals surface area contributed by atoms with E-state index in [4.69, 9.17) is 4.74 Å². The number of carbonyl (C=O) groups is 1. The third-order valence-electron chi connectivity index (χ3n) is 5.65. The molecule has 156 valence electrons. The van der Waals surface area contributed by atoms with Crippen LogP contribution < -0.4 is 0 Å². The zero-order chi connectivity index (χ0) is 21.6. The molecule has 0 radical (unpaired) electrons. The number of para-hydroxylation sites is 2. The molecule has 4 nitrogen and oxygen atoms in total. The van der Waals surface area contributed by atoms with Crippen molar-refractivity contribution < 1.29 is 9.53 Å². The Bertz CT molecular complexity index is 1360. The van der Waals surface area contributed by atoms with Crippen molar-refractivity contribution >= 4 is 38.8 Å². The first kappa shape index (κ1) is 19.4. The largest absolute Gasteiger partial charge is 0.443 e. The number of aryl methyl sites for hydroxylation is 2. The van der Waals surface area contributed by atoms with Crippen molar-refractivity contribution in [2.24, 2.45) is 0 Å². The van der Waals surface area contributed by atoms with Crippen molar-refractivity contribution in [1.29, 1.82) is 0 Å². The molecule has 0 aliphatic carbocycles. The van der Waals surface area contributed by atoms with Crippen LogP contribution in [-0.2, 0) is 17.7 Å². The van der Waals surface area contributed by atoms with Crippen LogP contribution in [0.1, 0.15) is 26.3 Å². The van der Waals surface area contributed by atoms with Gasteiger partial charge in [-0.1, -0.05) is 42.5 Å². The van der Waals surface area contributed by atoms with E-state index in [1.165, 1.54) is 27.4 Å². The second kappa shape index (κ2) is 7.31. The van der Waals surface area contributed by atoms with Crippen LogP contribution in [0.3, 0.4) is 0 Å². The van der Waals surface area contributed by atoms with E-state index in [0.717, 1.165) is 23.9 Å². The van der Waals surface area contributed by atoms with E-state index in [1.807, 2.05) is 32.9 Å². The average Bonchev–Trinajstić information content (AvgIpc) is 3.30. The standard InChI is InChI=1S/C27H26N2O2/c1-27(2,3)31-26(30)29-17-15-20-18-19(12-13-23(20)29)14-16-28-24-10-6-4-8-21(24)22-9-5-7-11-25(22)28/h4-13,15,17-18H,14,16H2,1-3H3. The summed E-state index contributed by atoms with van der Waals surface area (Å²) in [6.45, 7) is 6.53. The Morgan fingerprint density at radius 2 is 1.48 bits per heavy atom. The summed E-state index contributed by atoms with van der Waals surface area (Å²) < 4.78 is 9.50. The molecule has 5 aromatic rings. The van der Waals surface area contributed by atoms with Gasteiger partial charge in [-0.3, -0.25) is 4.57 Å². The lowest BCUT2D eigenvalue weighted by Crippen LogP contribution is -2.26. The van der Waals surface area contributed by atoms with Gasteiger partial charge in [0.05, 0.1) is 5.52 Å². The van der Waals surface area contributed by atoms with Crippen molar-refractivity contribution in [3.8, 4) is 0 Å². The Hall–Kier alpha value is -3.53. The third-order valence-corrected chi connectivity index (χ3v) is 5.65. The van der Waals surface area contributed by atoms with Gasteiger partial charge in [-0.05, 0) is 63.1 Å². The summed E-state index contributed by atoms with van der Waals surface area (Å²) >= 11 is 0. The van der Waals surface area contributed by atoms with Gasteiger partial charge in [-0.15, -0.1) is 0 Å². The molecule has 0 aliphatic rings. The molecule has 0 spiro atoms. The number of hydrogen-bond donors (Lipinski definition) is 0. The van der Waals surface area contributed by atoms with Crippen LogP contribution >= 0.6 is 0 Å². The molecule has 0 bridgehead atoms. The summed E-state index contributed by atoms with van der Waals surface area (Å²) in [5.74, 6) is 0. The molecule has 0 fully saturated rings. The highest BCUT2D eigenvalue weighted by Crippen LogP contribution is 2.29. The van der Waals surface area contributed by atoms with Crippen LogP contribution in [0.4, 0.5) is 4.79 Å². The molecule has 0 saturated carbocycles. The van der Waals surface area contributed by atoms with Gasteiger partial charge in [0, 0.05) is 39.9 Å². The van der Waals surface area contributed by atoms with Crippen LogP contribution in [-0.4, -0.2) is 20.8 Å². The lowest BCUT2D eigenvalue weighted by atomic mass is 10.1. The van der Waals surface area contributed by atoms with E-state index in [2.05, 4.69) is 65.2 Å². The van der Waals surface area contributed by atoms with Gasteiger partial charge in [0.25, 0.3) is 0 Å². The summed E-state index contributed by atoms with van der Waals surface area (Å²) in [5.41, 5.74) is 4.13. The van der Waals surface area contributed by atoms with Gasteiger partial charge >= 0.3 is 6.09 Å². The first-order valence-electron chi connectivity index (χ1n) is 10.7. The highest BCUT2D eigenvalue weighted by molar-refractivity contribution is 6.07. The van der Waals surface area contributed by atoms with Crippen LogP contribution in [0.15, 0.2) is 79.0 Å². The highest BCUT2D eigenvalue weighted by atomic mass is 16.6. The predicted octanol–water partition coefficient (Wildman–Crippen LogP) is 6.78. The van der Waals surface area contributed by atoms with Gasteiger partial charge in [-0.2, -0.15) is 0 Å². The monoisotopic (exact) mass is 410 g/mol. The maximum atomic E-state index is 12.5. The number of fused-ring (bicyclic) bond motifs is 4. The van der Waals surface area contributed by atoms with Gasteiger partial charge in [0.1, 0.15) is 5.60 Å². The zero-order valence-corrected chi connectivity index (χ0v) is 18.1. The van der Waals surface area contributed by atoms with Crippen LogP contribution in [0.25, 0.3) is 32.7 Å². The van der Waals surface area contributed by atoms with Gasteiger partial charge < -0.3 is 9.30 Å². The number of hydrogen-bond acceptors (Lipinski definition) is 2. The summed E-state index contributed by atoms with van der Waals surface area (Å²) in [7, 11) is 0. The maximum Gasteiger partial charge on any atom is 0.418 e. The van der Waals surface area contributed by atoms with Crippen molar-refractivity contribution in [3.63, 3.8) is 0 Å². The molecule has 0 aliphatic heterocycles. The Balaban J connectivity index is 1.44. The van der Waals surface area contributed by atoms with Gasteiger partial charge in [0.15, 0.2) is 0 Å². The quantitative estimate of drug-likeness (QED) is 0.329. The van der Waals surface area contributed by atoms with E-state index in [1.54, 1.807) is 10.8 Å². The smallest absolute Gasteiger partial charge is 0.418 e. The first-order chi connectivity index (χ1) is 14.9. The maximum absolute atomic E-state index is 12.5. The molecular weight excluding hydrogens is 384 g/mol. The van der Waals surface area contributed by atoms with Crippen molar-refractivity contribution in [2.75, 3.05) is 0 Å². The molecule has 2 heterocycles. The van der Waals surface area contributed by atoms with Crippen LogP contribution in [0.5, 0.6) is 0 Å². The Kier molecular flexibility index (Phi) is 4.58. The minimum atomic E-state index is -0.518. The molecule has 4 heteroatoms. The Morgan fingerprint density at radius 3 is 2.13 bits per heavy atom. The molecule has 2 aromatic heterocycles. The number of carbonyl (C=O) groups excluding carboxylic acids is 1. The zero-order valence-electron chi connectivity index (χ0n) is 18.1. The van der Waals surface area contributed by atoms with E-state index >= 15 is 0 Å². The van der Waals surface area contributed by atoms with Crippen molar-refractivity contribution in [3.05, 3.63) is 84.6 Å². The number of benzene rings is 3. The van der Waals surface area contributed by atoms with E-state index in [9.17, 15) is 4.79 Å². The lowest BCUT2D eigenvalue weighted by Gasteiger charge is -2.19. The first-order valence-corrected chi connectivity index (χ1v) is 10.7. The fraction of sp³-hybridized carbons (Fsp3) is 0.222. The second-order valence-electron chi connectivity index (χ2n) is 9.00. The predicted molar refractivity (Wildman–Crippen MR) is 127 cm³/mol. The average molecular weight is 411 g/mol. The molecule has 3 aromatic carbocycles. The normalized spacial score (nSPS) is 12.1. The third kappa shape index (κ3) is 3.59. The minimum absolute atomic E-state index is 0.347. The SMILES string of the molecule is CC(C)(C)OC(=O)n1ccc2cc(CCn3c4ccccc4c4ccccc43)ccc21. The van der Waals surface area contributed by atoms with Crippen molar-refractivity contribution in [2.45, 2.75) is 39.3 Å². The van der Waals surface area contributed by atoms with E-state index in [0.29, 0.717) is 0 Å². The summed E-state index contributed by atoms with van der Waals surface area (Å²) in [4.78, 5) is 12.5. The highest BCUT2D eigenvalue weighted by Gasteiger charge is 2.19. The van der Waals surface area contributed by atoms with E-state index in [-0.39, 0.29) is 6.09 Å². The molecule has 0 N–H and O–H groups in total. The molecule has 0 amide bonds. The molecule has 5 rings (SSSR count). The number of aromatic nitrogens is 2. The summed E-state index contributed by atoms with van der Waals surface area (Å²) in [5, 5.41) is 3.64. The van der Waals surface area contributed by atoms with Crippen LogP contribution in [0.2, 0.25) is 0 Å². The number of ether oxygens (including phenoxy) is 1. The van der Waals surface area contributed by atoms with E-state index < -0.39 is 5.60 Å². The second-order valence-corrected chi connectivity index (χ2v) is 9.00. The summed E-state index contributed by atoms with van der Waals surface area (Å²) in [6, 6.07) is 25.4. The van der Waals surface area contributed by atoms with Gasteiger partial charge in [0.2, 0.25) is 0 Å². The fourth-order valence-corrected chi connectivity index (χ4v) is 4.30. The Morgan fingerprint density at radius 1 is 0.839 bits per heavy atom. The molecule has 0 unspecified atom stereocenters. The Labute approximate surface area is 181 Å². The van der Waals surface area contributed by atoms with Crippen LogP contribution in [0, 0.1) is 0 Å². The number of rotatable bonds is 3. The van der Waals surface area contributed by atoms with Gasteiger partial charge in [-0.25, -0.2) is 4.79 Å². The molecule has 31 heavy (non-hydrogen) atoms. The molecular formula is C27H26N2O2. The molecule has 0 saturated heterocycles. The minimum Gasteiger partial charge on any atom is -0.443 e. The summed E-state index contributed by atoms with van der Waals surface area (Å²) in [6.07, 6.45) is 2.35. The topological polar surface area (TPSA) is 36.2 Å². The molecule has 0 atom stereocenters.